The van der Waals surface area contributed by atoms with E-state index in [1.165, 1.54) is 11.1 Å². The predicted octanol–water partition coefficient (Wildman–Crippen LogP) is 4.84. The molecule has 0 bridgehead atoms. The Kier molecular flexibility index (Phi) is 4.51. The Bertz CT molecular complexity index is 425. The Hall–Kier alpha value is -1.02. The molecule has 0 saturated heterocycles. The molecule has 1 aromatic carbocycles. The molecule has 0 N–H and O–H groups in total. The Morgan fingerprint density at radius 1 is 1.26 bits per heavy atom. The zero-order chi connectivity index (χ0) is 13.9. The van der Waals surface area contributed by atoms with Crippen molar-refractivity contribution in [1.29, 1.82) is 0 Å². The predicted molar refractivity (Wildman–Crippen MR) is 78.3 cm³/mol. The summed E-state index contributed by atoms with van der Waals surface area (Å²) in [6, 6.07) is 6.37. The van der Waals surface area contributed by atoms with Crippen molar-refractivity contribution < 1.29 is 9.47 Å². The first kappa shape index (κ1) is 14.4. The highest BCUT2D eigenvalue weighted by molar-refractivity contribution is 5.37. The van der Waals surface area contributed by atoms with E-state index in [-0.39, 0.29) is 0 Å². The maximum Gasteiger partial charge on any atom is 0.210 e. The van der Waals surface area contributed by atoms with Gasteiger partial charge >= 0.3 is 0 Å². The Morgan fingerprint density at radius 2 is 2.05 bits per heavy atom. The fourth-order valence-corrected chi connectivity index (χ4v) is 2.62. The molecule has 1 aliphatic rings. The van der Waals surface area contributed by atoms with Crippen LogP contribution in [-0.4, -0.2) is 5.79 Å². The van der Waals surface area contributed by atoms with Crippen LogP contribution in [0.3, 0.4) is 0 Å². The first-order valence-electron chi connectivity index (χ1n) is 7.47. The van der Waals surface area contributed by atoms with Crippen LogP contribution in [0.15, 0.2) is 18.2 Å². The van der Waals surface area contributed by atoms with Crippen molar-refractivity contribution in [1.82, 2.24) is 0 Å². The maximum absolute atomic E-state index is 6.24. The van der Waals surface area contributed by atoms with Crippen molar-refractivity contribution in [2.45, 2.75) is 65.8 Å². The van der Waals surface area contributed by atoms with E-state index in [0.717, 1.165) is 31.4 Å². The molecule has 1 atom stereocenters. The van der Waals surface area contributed by atoms with Gasteiger partial charge < -0.3 is 9.47 Å². The van der Waals surface area contributed by atoms with E-state index in [1.807, 2.05) is 0 Å². The van der Waals surface area contributed by atoms with E-state index in [4.69, 9.17) is 9.47 Å². The summed E-state index contributed by atoms with van der Waals surface area (Å²) in [7, 11) is 0. The minimum Gasteiger partial charge on any atom is -0.462 e. The summed E-state index contributed by atoms with van der Waals surface area (Å²) >= 11 is 0. The SMILES string of the molecule is CCCC1(CCC(C)C)OCc2cc(C)ccc2O1. The standard InChI is InChI=1S/C17H26O2/c1-5-9-17(10-8-13(2)3)18-12-15-11-14(4)6-7-16(15)19-17/h6-7,11,13H,5,8-10,12H2,1-4H3. The summed E-state index contributed by atoms with van der Waals surface area (Å²) in [5.41, 5.74) is 2.44. The molecular weight excluding hydrogens is 236 g/mol. The van der Waals surface area contributed by atoms with Crippen molar-refractivity contribution in [3.05, 3.63) is 29.3 Å². The van der Waals surface area contributed by atoms with Crippen molar-refractivity contribution in [2.24, 2.45) is 5.92 Å². The molecule has 0 amide bonds. The lowest BCUT2D eigenvalue weighted by Crippen LogP contribution is -2.42. The molecule has 2 rings (SSSR count). The molecule has 0 saturated carbocycles. The third kappa shape index (κ3) is 3.50. The van der Waals surface area contributed by atoms with Gasteiger partial charge in [-0.2, -0.15) is 0 Å². The number of aryl methyl sites for hydroxylation is 1. The maximum atomic E-state index is 6.24. The van der Waals surface area contributed by atoms with Crippen LogP contribution < -0.4 is 4.74 Å². The molecule has 106 valence electrons. The van der Waals surface area contributed by atoms with E-state index < -0.39 is 5.79 Å². The molecule has 0 radical (unpaired) electrons. The molecule has 1 aliphatic heterocycles. The fraction of sp³-hybridized carbons (Fsp3) is 0.647. The molecule has 2 nitrogen and oxygen atoms in total. The van der Waals surface area contributed by atoms with E-state index in [9.17, 15) is 0 Å². The first-order chi connectivity index (χ1) is 9.04. The lowest BCUT2D eigenvalue weighted by molar-refractivity contribution is -0.216. The second kappa shape index (κ2) is 5.96. The molecular formula is C17H26O2. The highest BCUT2D eigenvalue weighted by atomic mass is 16.7. The molecule has 1 unspecified atom stereocenters. The quantitative estimate of drug-likeness (QED) is 0.756. The fourth-order valence-electron chi connectivity index (χ4n) is 2.62. The van der Waals surface area contributed by atoms with Crippen molar-refractivity contribution in [2.75, 3.05) is 0 Å². The summed E-state index contributed by atoms with van der Waals surface area (Å²) in [5.74, 6) is 1.29. The zero-order valence-corrected chi connectivity index (χ0v) is 12.7. The average molecular weight is 262 g/mol. The van der Waals surface area contributed by atoms with Gasteiger partial charge in [0, 0.05) is 18.4 Å². The van der Waals surface area contributed by atoms with Gasteiger partial charge in [0.1, 0.15) is 5.75 Å². The van der Waals surface area contributed by atoms with E-state index in [2.05, 4.69) is 45.9 Å². The van der Waals surface area contributed by atoms with E-state index >= 15 is 0 Å². The molecule has 0 aromatic heterocycles. The second-order valence-electron chi connectivity index (χ2n) is 6.10. The van der Waals surface area contributed by atoms with Gasteiger partial charge in [0.05, 0.1) is 6.61 Å². The van der Waals surface area contributed by atoms with Gasteiger partial charge in [-0.25, -0.2) is 0 Å². The van der Waals surface area contributed by atoms with Crippen LogP contribution in [0.5, 0.6) is 5.75 Å². The molecule has 0 aliphatic carbocycles. The number of hydrogen-bond acceptors (Lipinski definition) is 2. The van der Waals surface area contributed by atoms with Crippen LogP contribution >= 0.6 is 0 Å². The normalized spacial score (nSPS) is 22.2. The smallest absolute Gasteiger partial charge is 0.210 e. The van der Waals surface area contributed by atoms with Gasteiger partial charge in [-0.15, -0.1) is 0 Å². The largest absolute Gasteiger partial charge is 0.462 e. The summed E-state index contributed by atoms with van der Waals surface area (Å²) < 4.78 is 12.4. The van der Waals surface area contributed by atoms with Gasteiger partial charge in [-0.1, -0.05) is 38.5 Å². The Labute approximate surface area is 117 Å². The lowest BCUT2D eigenvalue weighted by atomic mass is 9.97. The van der Waals surface area contributed by atoms with Crippen LogP contribution in [0.2, 0.25) is 0 Å². The number of rotatable bonds is 5. The molecule has 1 aromatic rings. The highest BCUT2D eigenvalue weighted by Crippen LogP contribution is 2.37. The monoisotopic (exact) mass is 262 g/mol. The number of benzene rings is 1. The molecule has 1 heterocycles. The van der Waals surface area contributed by atoms with Gasteiger partial charge in [0.15, 0.2) is 0 Å². The number of fused-ring (bicyclic) bond motifs is 1. The lowest BCUT2D eigenvalue weighted by Gasteiger charge is -2.39. The van der Waals surface area contributed by atoms with E-state index in [0.29, 0.717) is 12.5 Å². The van der Waals surface area contributed by atoms with Crippen LogP contribution in [0, 0.1) is 12.8 Å². The number of hydrogen-bond donors (Lipinski definition) is 0. The third-order valence-corrected chi connectivity index (χ3v) is 3.74. The topological polar surface area (TPSA) is 18.5 Å². The van der Waals surface area contributed by atoms with Gasteiger partial charge in [0.25, 0.3) is 0 Å². The molecule has 0 spiro atoms. The minimum atomic E-state index is -0.402. The van der Waals surface area contributed by atoms with Gasteiger partial charge in [-0.3, -0.25) is 0 Å². The summed E-state index contributed by atoms with van der Waals surface area (Å²) in [5, 5.41) is 0. The number of ether oxygens (including phenoxy) is 2. The van der Waals surface area contributed by atoms with Crippen LogP contribution in [0.4, 0.5) is 0 Å². The molecule has 0 fully saturated rings. The second-order valence-corrected chi connectivity index (χ2v) is 6.10. The minimum absolute atomic E-state index is 0.402. The zero-order valence-electron chi connectivity index (χ0n) is 12.7. The van der Waals surface area contributed by atoms with Crippen LogP contribution in [-0.2, 0) is 11.3 Å². The van der Waals surface area contributed by atoms with Crippen molar-refractivity contribution in [3.8, 4) is 5.75 Å². The molecule has 2 heteroatoms. The average Bonchev–Trinajstić information content (AvgIpc) is 2.37. The Morgan fingerprint density at radius 3 is 2.74 bits per heavy atom. The van der Waals surface area contributed by atoms with Gasteiger partial charge in [-0.05, 0) is 31.7 Å². The Balaban J connectivity index is 2.16. The molecule has 19 heavy (non-hydrogen) atoms. The van der Waals surface area contributed by atoms with E-state index in [1.54, 1.807) is 0 Å². The van der Waals surface area contributed by atoms with Crippen LogP contribution in [0.1, 0.15) is 57.6 Å². The highest BCUT2D eigenvalue weighted by Gasteiger charge is 2.36. The van der Waals surface area contributed by atoms with Crippen molar-refractivity contribution in [3.63, 3.8) is 0 Å². The van der Waals surface area contributed by atoms with Crippen molar-refractivity contribution >= 4 is 0 Å². The first-order valence-corrected chi connectivity index (χ1v) is 7.47. The summed E-state index contributed by atoms with van der Waals surface area (Å²) in [6.07, 6.45) is 4.17. The summed E-state index contributed by atoms with van der Waals surface area (Å²) in [6.45, 7) is 9.47. The summed E-state index contributed by atoms with van der Waals surface area (Å²) in [4.78, 5) is 0. The van der Waals surface area contributed by atoms with Gasteiger partial charge in [0.2, 0.25) is 5.79 Å². The van der Waals surface area contributed by atoms with Crippen LogP contribution in [0.25, 0.3) is 0 Å². The third-order valence-electron chi connectivity index (χ3n) is 3.74.